The molecule has 0 saturated carbocycles. The van der Waals surface area contributed by atoms with Crippen molar-refractivity contribution in [3.63, 3.8) is 0 Å². The van der Waals surface area contributed by atoms with Crippen molar-refractivity contribution in [3.8, 4) is 17.2 Å². The van der Waals surface area contributed by atoms with Crippen molar-refractivity contribution in [1.82, 2.24) is 5.32 Å². The number of benzene rings is 3. The number of carbonyl (C=O) groups excluding carboxylic acids is 1. The van der Waals surface area contributed by atoms with Crippen molar-refractivity contribution in [3.05, 3.63) is 99.9 Å². The van der Waals surface area contributed by atoms with Crippen molar-refractivity contribution < 1.29 is 19.0 Å². The number of nitrogens with one attached hydrogen (secondary N) is 1. The van der Waals surface area contributed by atoms with Crippen LogP contribution in [0.3, 0.4) is 0 Å². The van der Waals surface area contributed by atoms with Crippen LogP contribution in [0.25, 0.3) is 6.08 Å². The van der Waals surface area contributed by atoms with Gasteiger partial charge in [-0.05, 0) is 79.2 Å². The number of nitrogens with zero attached hydrogens (tertiary/aromatic N) is 1. The van der Waals surface area contributed by atoms with E-state index in [0.717, 1.165) is 28.1 Å². The first-order chi connectivity index (χ1) is 18.0. The lowest BCUT2D eigenvalue weighted by atomic mass is 10.0. The van der Waals surface area contributed by atoms with Crippen LogP contribution in [-0.4, -0.2) is 24.8 Å². The third-order valence-electron chi connectivity index (χ3n) is 5.40. The standard InChI is InChI=1S/C29H27ClN2O4S/c1-4-8-20-15-19(16-25(35-5-2)27(20)36-18-21-9-6-7-10-24(21)30)17-26-28(33)32-29(37-26)31-22-11-13-23(34-3)14-12-22/h4,6-7,9-17H,1,5,8,18H2,2-3H3,(H,31,32,33)/b26-17+. The zero-order chi connectivity index (χ0) is 26.2. The van der Waals surface area contributed by atoms with Crippen LogP contribution in [0, 0.1) is 0 Å². The summed E-state index contributed by atoms with van der Waals surface area (Å²) in [6.45, 7) is 6.56. The number of hydrogen-bond acceptors (Lipinski definition) is 6. The Hall–Kier alpha value is -3.68. The molecule has 3 aromatic rings. The van der Waals surface area contributed by atoms with E-state index in [1.807, 2.05) is 73.7 Å². The fraction of sp³-hybridized carbons (Fsp3) is 0.172. The van der Waals surface area contributed by atoms with Gasteiger partial charge in [-0.1, -0.05) is 35.9 Å². The number of methoxy groups -OCH3 is 1. The lowest BCUT2D eigenvalue weighted by Gasteiger charge is -2.17. The van der Waals surface area contributed by atoms with Gasteiger partial charge in [0.25, 0.3) is 5.91 Å². The van der Waals surface area contributed by atoms with E-state index in [2.05, 4.69) is 16.9 Å². The molecule has 1 amide bonds. The lowest BCUT2D eigenvalue weighted by Crippen LogP contribution is -2.19. The van der Waals surface area contributed by atoms with Crippen LogP contribution in [0.2, 0.25) is 5.02 Å². The first kappa shape index (κ1) is 26.4. The van der Waals surface area contributed by atoms with Crippen molar-refractivity contribution in [2.75, 3.05) is 13.7 Å². The molecule has 4 rings (SSSR count). The van der Waals surface area contributed by atoms with Gasteiger partial charge < -0.3 is 19.5 Å². The highest BCUT2D eigenvalue weighted by Gasteiger charge is 2.24. The van der Waals surface area contributed by atoms with Crippen LogP contribution < -0.4 is 19.5 Å². The molecule has 1 aliphatic heterocycles. The van der Waals surface area contributed by atoms with E-state index in [9.17, 15) is 4.79 Å². The summed E-state index contributed by atoms with van der Waals surface area (Å²) in [5.74, 6) is 1.76. The van der Waals surface area contributed by atoms with E-state index in [1.165, 1.54) is 11.8 Å². The van der Waals surface area contributed by atoms with E-state index in [-0.39, 0.29) is 5.91 Å². The number of hydrogen-bond donors (Lipinski definition) is 1. The quantitative estimate of drug-likeness (QED) is 0.225. The van der Waals surface area contributed by atoms with Crippen LogP contribution in [0.1, 0.15) is 23.6 Å². The Morgan fingerprint density at radius 2 is 1.86 bits per heavy atom. The highest BCUT2D eigenvalue weighted by atomic mass is 35.5. The van der Waals surface area contributed by atoms with Gasteiger partial charge in [-0.2, -0.15) is 0 Å². The van der Waals surface area contributed by atoms with Crippen molar-refractivity contribution in [1.29, 1.82) is 0 Å². The van der Waals surface area contributed by atoms with Gasteiger partial charge in [-0.3, -0.25) is 4.79 Å². The van der Waals surface area contributed by atoms with Gasteiger partial charge in [-0.25, -0.2) is 4.99 Å². The fourth-order valence-corrected chi connectivity index (χ4v) is 4.70. The van der Waals surface area contributed by atoms with Crippen LogP contribution in [0.15, 0.2) is 83.2 Å². The number of allylic oxidation sites excluding steroid dienone is 1. The summed E-state index contributed by atoms with van der Waals surface area (Å²) in [6.07, 6.45) is 4.20. The molecule has 0 atom stereocenters. The lowest BCUT2D eigenvalue weighted by molar-refractivity contribution is -0.115. The van der Waals surface area contributed by atoms with E-state index in [0.29, 0.717) is 46.2 Å². The summed E-state index contributed by atoms with van der Waals surface area (Å²) < 4.78 is 17.3. The molecule has 190 valence electrons. The molecular weight excluding hydrogens is 508 g/mol. The number of rotatable bonds is 10. The zero-order valence-electron chi connectivity index (χ0n) is 20.6. The number of thioether (sulfide) groups is 1. The molecule has 3 aromatic carbocycles. The minimum Gasteiger partial charge on any atom is -0.497 e. The van der Waals surface area contributed by atoms with E-state index in [1.54, 1.807) is 13.2 Å². The molecule has 1 heterocycles. The maximum Gasteiger partial charge on any atom is 0.264 e. The summed E-state index contributed by atoms with van der Waals surface area (Å²) in [7, 11) is 1.61. The molecule has 0 radical (unpaired) electrons. The molecule has 1 fully saturated rings. The highest BCUT2D eigenvalue weighted by molar-refractivity contribution is 8.18. The first-order valence-corrected chi connectivity index (χ1v) is 12.9. The smallest absolute Gasteiger partial charge is 0.264 e. The summed E-state index contributed by atoms with van der Waals surface area (Å²) in [5, 5.41) is 3.98. The molecule has 6 nitrogen and oxygen atoms in total. The van der Waals surface area contributed by atoms with Crippen LogP contribution in [-0.2, 0) is 17.8 Å². The van der Waals surface area contributed by atoms with E-state index in [4.69, 9.17) is 25.8 Å². The van der Waals surface area contributed by atoms with Crippen molar-refractivity contribution in [2.45, 2.75) is 20.0 Å². The summed E-state index contributed by atoms with van der Waals surface area (Å²) in [4.78, 5) is 17.7. The second kappa shape index (κ2) is 12.5. The first-order valence-electron chi connectivity index (χ1n) is 11.7. The summed E-state index contributed by atoms with van der Waals surface area (Å²) >= 11 is 7.59. The van der Waals surface area contributed by atoms with E-state index < -0.39 is 0 Å². The molecule has 0 unspecified atom stereocenters. The van der Waals surface area contributed by atoms with Gasteiger partial charge in [-0.15, -0.1) is 6.58 Å². The van der Waals surface area contributed by atoms with E-state index >= 15 is 0 Å². The van der Waals surface area contributed by atoms with Gasteiger partial charge in [0.05, 0.1) is 24.3 Å². The molecular formula is C29H27ClN2O4S. The van der Waals surface area contributed by atoms with Gasteiger partial charge in [0, 0.05) is 16.1 Å². The Morgan fingerprint density at radius 1 is 1.08 bits per heavy atom. The fourth-order valence-electron chi connectivity index (χ4n) is 3.67. The SMILES string of the molecule is C=CCc1cc(/C=C2/SC(=Nc3ccc(OC)cc3)NC2=O)cc(OCC)c1OCc1ccccc1Cl. The maximum atomic E-state index is 12.7. The third-order valence-corrected chi connectivity index (χ3v) is 6.68. The molecule has 0 spiro atoms. The topological polar surface area (TPSA) is 69.2 Å². The number of amidine groups is 1. The minimum atomic E-state index is -0.209. The van der Waals surface area contributed by atoms with Gasteiger partial charge in [0.1, 0.15) is 12.4 Å². The average Bonchev–Trinajstić information content (AvgIpc) is 3.23. The number of aliphatic imine (C=N–C) groups is 1. The average molecular weight is 535 g/mol. The Labute approximate surface area is 226 Å². The van der Waals surface area contributed by atoms with Crippen LogP contribution >= 0.6 is 23.4 Å². The molecule has 8 heteroatoms. The molecule has 1 saturated heterocycles. The monoisotopic (exact) mass is 534 g/mol. The molecule has 0 aliphatic carbocycles. The van der Waals surface area contributed by atoms with Gasteiger partial charge in [0.2, 0.25) is 0 Å². The Kier molecular flexibility index (Phi) is 8.93. The minimum absolute atomic E-state index is 0.209. The van der Waals surface area contributed by atoms with Crippen molar-refractivity contribution in [2.24, 2.45) is 4.99 Å². The molecule has 0 aromatic heterocycles. The largest absolute Gasteiger partial charge is 0.497 e. The second-order valence-corrected chi connectivity index (χ2v) is 9.43. The number of amides is 1. The predicted octanol–water partition coefficient (Wildman–Crippen LogP) is 6.95. The van der Waals surface area contributed by atoms with Crippen LogP contribution in [0.5, 0.6) is 17.2 Å². The third kappa shape index (κ3) is 6.76. The normalized spacial score (nSPS) is 15.1. The van der Waals surface area contributed by atoms with Gasteiger partial charge >= 0.3 is 0 Å². The molecule has 37 heavy (non-hydrogen) atoms. The highest BCUT2D eigenvalue weighted by Crippen LogP contribution is 2.37. The number of carbonyl (C=O) groups is 1. The van der Waals surface area contributed by atoms with Gasteiger partial charge in [0.15, 0.2) is 16.7 Å². The summed E-state index contributed by atoms with van der Waals surface area (Å²) in [6, 6.07) is 18.7. The van der Waals surface area contributed by atoms with Crippen LogP contribution in [0.4, 0.5) is 5.69 Å². The Bertz CT molecular complexity index is 1350. The molecule has 1 N–H and O–H groups in total. The molecule has 1 aliphatic rings. The maximum absolute atomic E-state index is 12.7. The van der Waals surface area contributed by atoms with Crippen molar-refractivity contribution >= 4 is 46.2 Å². The molecule has 0 bridgehead atoms. The zero-order valence-corrected chi connectivity index (χ0v) is 22.2. The summed E-state index contributed by atoms with van der Waals surface area (Å²) in [5.41, 5.74) is 3.31. The number of halogens is 1. The number of ether oxygens (including phenoxy) is 3. The Morgan fingerprint density at radius 3 is 2.57 bits per heavy atom. The predicted molar refractivity (Wildman–Crippen MR) is 151 cm³/mol. The Balaban J connectivity index is 1.61. The second-order valence-electron chi connectivity index (χ2n) is 7.99.